The molecule has 1 aromatic heterocycles. The van der Waals surface area contributed by atoms with Crippen molar-refractivity contribution in [2.75, 3.05) is 12.9 Å². The van der Waals surface area contributed by atoms with Crippen molar-refractivity contribution in [2.24, 2.45) is 4.99 Å². The maximum Gasteiger partial charge on any atom is 0.248 e. The van der Waals surface area contributed by atoms with Gasteiger partial charge in [-0.05, 0) is 42.8 Å². The van der Waals surface area contributed by atoms with Gasteiger partial charge in [-0.15, -0.1) is 6.42 Å². The number of benzene rings is 2. The van der Waals surface area contributed by atoms with Crippen molar-refractivity contribution >= 4 is 37.3 Å². The van der Waals surface area contributed by atoms with Gasteiger partial charge < -0.3 is 9.30 Å². The van der Waals surface area contributed by atoms with E-state index in [0.29, 0.717) is 16.0 Å². The van der Waals surface area contributed by atoms with Crippen LogP contribution in [-0.4, -0.2) is 31.8 Å². The number of halogens is 1. The van der Waals surface area contributed by atoms with Crippen LogP contribution in [0.4, 0.5) is 4.39 Å². The third-order valence-corrected chi connectivity index (χ3v) is 7.20. The maximum atomic E-state index is 14.2. The second-order valence-corrected chi connectivity index (χ2v) is 9.48. The fourth-order valence-corrected chi connectivity index (χ4v) is 5.26. The summed E-state index contributed by atoms with van der Waals surface area (Å²) in [5, 5.41) is 0. The number of terminal acetylenes is 1. The van der Waals surface area contributed by atoms with E-state index in [0.717, 1.165) is 11.3 Å². The molecule has 30 heavy (non-hydrogen) atoms. The molecule has 0 atom stereocenters. The van der Waals surface area contributed by atoms with Gasteiger partial charge in [0.1, 0.15) is 11.6 Å². The van der Waals surface area contributed by atoms with Crippen molar-refractivity contribution in [1.82, 2.24) is 4.57 Å². The molecule has 9 heteroatoms. The molecule has 0 aliphatic rings. The zero-order chi connectivity index (χ0) is 21.7. The molecular formula is C21H19FN2O4S2. The van der Waals surface area contributed by atoms with Crippen molar-refractivity contribution in [3.8, 4) is 18.1 Å². The molecule has 3 rings (SSSR count). The van der Waals surface area contributed by atoms with E-state index in [1.807, 2.05) is 0 Å². The summed E-state index contributed by atoms with van der Waals surface area (Å²) in [5.41, 5.74) is 0.300. The Bertz CT molecular complexity index is 1280. The van der Waals surface area contributed by atoms with Crippen LogP contribution in [0.15, 0.2) is 52.4 Å². The predicted molar refractivity (Wildman–Crippen MR) is 113 cm³/mol. The Morgan fingerprint density at radius 2 is 2.00 bits per heavy atom. The van der Waals surface area contributed by atoms with E-state index in [1.54, 1.807) is 24.3 Å². The van der Waals surface area contributed by atoms with E-state index in [2.05, 4.69) is 10.9 Å². The summed E-state index contributed by atoms with van der Waals surface area (Å²) in [5.74, 6) is 1.87. The van der Waals surface area contributed by atoms with Crippen molar-refractivity contribution < 1.29 is 22.3 Å². The Morgan fingerprint density at radius 3 is 2.67 bits per heavy atom. The van der Waals surface area contributed by atoms with E-state index in [4.69, 9.17) is 11.2 Å². The predicted octanol–water partition coefficient (Wildman–Crippen LogP) is 3.17. The number of rotatable bonds is 7. The second kappa shape index (κ2) is 9.24. The second-order valence-electron chi connectivity index (χ2n) is 6.36. The first-order valence-electron chi connectivity index (χ1n) is 9.01. The summed E-state index contributed by atoms with van der Waals surface area (Å²) in [6.45, 7) is 0.0683. The highest BCUT2D eigenvalue weighted by atomic mass is 32.2. The van der Waals surface area contributed by atoms with E-state index in [1.165, 1.54) is 29.9 Å². The molecule has 0 bridgehead atoms. The Balaban J connectivity index is 1.74. The van der Waals surface area contributed by atoms with Crippen LogP contribution in [-0.2, 0) is 21.2 Å². The Hall–Kier alpha value is -2.96. The number of sulfone groups is 1. The van der Waals surface area contributed by atoms with Gasteiger partial charge in [0, 0.05) is 6.42 Å². The topological polar surface area (TPSA) is 77.7 Å². The number of hydrogen-bond acceptors (Lipinski definition) is 5. The smallest absolute Gasteiger partial charge is 0.248 e. The van der Waals surface area contributed by atoms with E-state index in [-0.39, 0.29) is 34.8 Å². The van der Waals surface area contributed by atoms with Gasteiger partial charge in [0.2, 0.25) is 5.91 Å². The first kappa shape index (κ1) is 21.7. The number of methoxy groups -OCH3 is 1. The zero-order valence-electron chi connectivity index (χ0n) is 16.2. The van der Waals surface area contributed by atoms with Crippen LogP contribution in [0.3, 0.4) is 0 Å². The number of amides is 1. The average molecular weight is 447 g/mol. The van der Waals surface area contributed by atoms with Gasteiger partial charge in [-0.1, -0.05) is 23.3 Å². The van der Waals surface area contributed by atoms with Crippen LogP contribution in [0.5, 0.6) is 5.75 Å². The normalized spacial score (nSPS) is 12.1. The Kier molecular flexibility index (Phi) is 6.70. The largest absolute Gasteiger partial charge is 0.497 e. The molecule has 3 aromatic rings. The molecule has 1 amide bonds. The summed E-state index contributed by atoms with van der Waals surface area (Å²) in [4.78, 5) is 16.8. The van der Waals surface area contributed by atoms with Crippen molar-refractivity contribution in [2.45, 2.75) is 24.3 Å². The third kappa shape index (κ3) is 4.78. The molecule has 0 radical (unpaired) electrons. The molecule has 0 saturated heterocycles. The minimum absolute atomic E-state index is 0.0534. The molecule has 6 nitrogen and oxygen atoms in total. The maximum absolute atomic E-state index is 14.2. The number of hydrogen-bond donors (Lipinski definition) is 0. The van der Waals surface area contributed by atoms with Crippen LogP contribution in [0.25, 0.3) is 10.2 Å². The lowest BCUT2D eigenvalue weighted by Gasteiger charge is -2.05. The van der Waals surface area contributed by atoms with E-state index < -0.39 is 21.6 Å². The summed E-state index contributed by atoms with van der Waals surface area (Å²) in [7, 11) is -2.03. The fraction of sp³-hybridized carbons (Fsp3) is 0.238. The van der Waals surface area contributed by atoms with Crippen molar-refractivity contribution in [1.29, 1.82) is 0 Å². The number of aromatic nitrogens is 1. The average Bonchev–Trinajstić information content (AvgIpc) is 3.06. The highest BCUT2D eigenvalue weighted by Gasteiger charge is 2.16. The minimum Gasteiger partial charge on any atom is -0.497 e. The van der Waals surface area contributed by atoms with Gasteiger partial charge in [-0.25, -0.2) is 12.8 Å². The number of fused-ring (bicyclic) bond motifs is 1. The van der Waals surface area contributed by atoms with Gasteiger partial charge in [-0.2, -0.15) is 4.99 Å². The number of ether oxygens (including phenoxy) is 1. The molecular weight excluding hydrogens is 427 g/mol. The van der Waals surface area contributed by atoms with E-state index >= 15 is 0 Å². The van der Waals surface area contributed by atoms with Crippen molar-refractivity contribution in [3.63, 3.8) is 0 Å². The molecule has 0 fully saturated rings. The van der Waals surface area contributed by atoms with Crippen molar-refractivity contribution in [3.05, 3.63) is 53.1 Å². The highest BCUT2D eigenvalue weighted by molar-refractivity contribution is 7.91. The Morgan fingerprint density at radius 1 is 1.27 bits per heavy atom. The van der Waals surface area contributed by atoms with Gasteiger partial charge in [0.15, 0.2) is 14.6 Å². The number of para-hydroxylation sites is 1. The van der Waals surface area contributed by atoms with Gasteiger partial charge in [0.05, 0.1) is 34.5 Å². The number of carbonyl (C=O) groups excluding carboxylic acids is 1. The summed E-state index contributed by atoms with van der Waals surface area (Å²) < 4.78 is 46.1. The van der Waals surface area contributed by atoms with Gasteiger partial charge in [-0.3, -0.25) is 4.79 Å². The molecule has 0 spiro atoms. The summed E-state index contributed by atoms with van der Waals surface area (Å²) in [6.07, 6.45) is 5.44. The molecule has 0 aliphatic heterocycles. The Labute approximate surface area is 177 Å². The number of nitrogens with zero attached hydrogens (tertiary/aromatic N) is 2. The third-order valence-electron chi connectivity index (χ3n) is 4.34. The molecule has 2 aromatic carbocycles. The summed E-state index contributed by atoms with van der Waals surface area (Å²) in [6, 6.07) is 10.7. The molecule has 0 aliphatic carbocycles. The van der Waals surface area contributed by atoms with Crippen LogP contribution in [0.2, 0.25) is 0 Å². The number of thiazole rings is 1. The summed E-state index contributed by atoms with van der Waals surface area (Å²) >= 11 is 1.16. The lowest BCUT2D eigenvalue weighted by molar-refractivity contribution is -0.118. The lowest BCUT2D eigenvalue weighted by atomic mass is 10.3. The van der Waals surface area contributed by atoms with Crippen LogP contribution < -0.4 is 9.54 Å². The molecule has 1 heterocycles. The quantitative estimate of drug-likeness (QED) is 0.523. The first-order valence-corrected chi connectivity index (χ1v) is 11.5. The molecule has 0 saturated carbocycles. The monoisotopic (exact) mass is 446 g/mol. The fourth-order valence-electron chi connectivity index (χ4n) is 2.89. The molecule has 0 N–H and O–H groups in total. The van der Waals surface area contributed by atoms with Crippen LogP contribution >= 0.6 is 11.3 Å². The minimum atomic E-state index is -3.52. The van der Waals surface area contributed by atoms with E-state index in [9.17, 15) is 17.6 Å². The zero-order valence-corrected chi connectivity index (χ0v) is 17.8. The van der Waals surface area contributed by atoms with Crippen LogP contribution in [0, 0.1) is 18.2 Å². The highest BCUT2D eigenvalue weighted by Crippen LogP contribution is 2.20. The number of carbonyl (C=O) groups is 1. The van der Waals surface area contributed by atoms with Gasteiger partial charge >= 0.3 is 0 Å². The van der Waals surface area contributed by atoms with Crippen LogP contribution in [0.1, 0.15) is 12.8 Å². The molecule has 0 unspecified atom stereocenters. The lowest BCUT2D eigenvalue weighted by Crippen LogP contribution is -2.17. The SMILES string of the molecule is C#CCn1c(=NC(=O)CCCS(=O)(=O)c2ccc(OC)cc2)sc2cccc(F)c21. The molecule has 156 valence electrons. The van der Waals surface area contributed by atoms with Gasteiger partial charge in [0.25, 0.3) is 0 Å². The first-order chi connectivity index (χ1) is 14.4. The standard InChI is InChI=1S/C21H19FN2O4S2/c1-3-13-24-20-17(22)6-4-7-18(20)29-21(24)23-19(25)8-5-14-30(26,27)16-11-9-15(28-2)10-12-16/h1,4,6-7,9-12H,5,8,13-14H2,2H3.